The predicted octanol–water partition coefficient (Wildman–Crippen LogP) is 1.76. The van der Waals surface area contributed by atoms with E-state index >= 15 is 0 Å². The lowest BCUT2D eigenvalue weighted by Crippen LogP contribution is -2.32. The first kappa shape index (κ1) is 20.7. The van der Waals surface area contributed by atoms with Gasteiger partial charge in [-0.05, 0) is 19.9 Å². The molecule has 0 bridgehead atoms. The number of nitro groups is 1. The highest BCUT2D eigenvalue weighted by Crippen LogP contribution is 2.38. The number of carbonyl (C=O) groups excluding carboxylic acids is 2. The van der Waals surface area contributed by atoms with Crippen LogP contribution in [-0.2, 0) is 19.1 Å². The van der Waals surface area contributed by atoms with E-state index < -0.39 is 22.8 Å². The van der Waals surface area contributed by atoms with Crippen LogP contribution in [0.25, 0.3) is 5.69 Å². The number of nitrogens with one attached hydrogen (secondary N) is 1. The van der Waals surface area contributed by atoms with Crippen LogP contribution in [0.4, 0.5) is 5.69 Å². The molecule has 0 radical (unpaired) electrons. The summed E-state index contributed by atoms with van der Waals surface area (Å²) in [7, 11) is 2.46. The van der Waals surface area contributed by atoms with Crippen LogP contribution >= 0.6 is 0 Å². The molecule has 3 rings (SSSR count). The van der Waals surface area contributed by atoms with Crippen LogP contribution in [0.15, 0.2) is 53.0 Å². The molecule has 0 unspecified atom stereocenters. The molecular weight excluding hydrogens is 394 g/mol. The minimum atomic E-state index is -0.928. The number of hydrogen-bond donors (Lipinski definition) is 1. The zero-order valence-corrected chi connectivity index (χ0v) is 16.7. The Hall–Kier alpha value is -4.02. The lowest BCUT2D eigenvalue weighted by atomic mass is 9.83. The van der Waals surface area contributed by atoms with Crippen LogP contribution in [0, 0.1) is 10.1 Å². The zero-order valence-electron chi connectivity index (χ0n) is 16.7. The van der Waals surface area contributed by atoms with Crippen LogP contribution in [-0.4, -0.2) is 46.1 Å². The Balaban J connectivity index is 2.18. The Bertz CT molecular complexity index is 1060. The molecule has 1 N–H and O–H groups in total. The van der Waals surface area contributed by atoms with E-state index in [1.165, 1.54) is 43.3 Å². The summed E-state index contributed by atoms with van der Waals surface area (Å²) < 4.78 is 11.0. The monoisotopic (exact) mass is 413 g/mol. The maximum absolute atomic E-state index is 12.5. The van der Waals surface area contributed by atoms with Gasteiger partial charge in [-0.3, -0.25) is 10.1 Å². The van der Waals surface area contributed by atoms with Crippen molar-refractivity contribution in [3.8, 4) is 5.69 Å². The Morgan fingerprint density at radius 3 is 2.20 bits per heavy atom. The van der Waals surface area contributed by atoms with Crippen molar-refractivity contribution in [2.75, 3.05) is 14.2 Å². The first-order valence-corrected chi connectivity index (χ1v) is 8.81. The standard InChI is InChI=1S/C19H19N5O6/c1-10-15(18(25)29-3)17(16(11(2)20-10)19(26)30-4)12-9-23(22-21-12)13-7-5-6-8-14(13)24(27)28/h5-9,17,20H,1-4H3. The largest absolute Gasteiger partial charge is 0.466 e. The van der Waals surface area contributed by atoms with Crippen LogP contribution in [0.5, 0.6) is 0 Å². The highest BCUT2D eigenvalue weighted by Gasteiger charge is 2.39. The van der Waals surface area contributed by atoms with Gasteiger partial charge in [-0.15, -0.1) is 5.10 Å². The van der Waals surface area contributed by atoms with E-state index in [9.17, 15) is 19.7 Å². The fraction of sp³-hybridized carbons (Fsp3) is 0.263. The molecule has 1 aliphatic heterocycles. The Labute approximate surface area is 171 Å². The van der Waals surface area contributed by atoms with Gasteiger partial charge < -0.3 is 14.8 Å². The summed E-state index contributed by atoms with van der Waals surface area (Å²) in [5.41, 5.74) is 1.55. The van der Waals surface area contributed by atoms with Crippen molar-refractivity contribution >= 4 is 17.6 Å². The number of esters is 2. The van der Waals surface area contributed by atoms with Gasteiger partial charge >= 0.3 is 11.9 Å². The van der Waals surface area contributed by atoms with Crippen molar-refractivity contribution in [1.82, 2.24) is 20.3 Å². The molecule has 0 amide bonds. The highest BCUT2D eigenvalue weighted by molar-refractivity contribution is 5.99. The molecule has 2 aromatic rings. The lowest BCUT2D eigenvalue weighted by Gasteiger charge is -2.28. The molecule has 156 valence electrons. The maximum atomic E-state index is 12.5. The van der Waals surface area contributed by atoms with Crippen molar-refractivity contribution in [3.05, 3.63) is 68.8 Å². The van der Waals surface area contributed by atoms with Crippen molar-refractivity contribution < 1.29 is 24.0 Å². The summed E-state index contributed by atoms with van der Waals surface area (Å²) in [5.74, 6) is -2.24. The summed E-state index contributed by atoms with van der Waals surface area (Å²) in [6.45, 7) is 3.34. The third kappa shape index (κ3) is 3.52. The fourth-order valence-electron chi connectivity index (χ4n) is 3.39. The average Bonchev–Trinajstić information content (AvgIpc) is 3.22. The third-order valence-corrected chi connectivity index (χ3v) is 4.70. The molecule has 0 saturated heterocycles. The van der Waals surface area contributed by atoms with Crippen molar-refractivity contribution in [2.45, 2.75) is 19.8 Å². The van der Waals surface area contributed by atoms with E-state index in [0.717, 1.165) is 0 Å². The minimum absolute atomic E-state index is 0.165. The van der Waals surface area contributed by atoms with Crippen LogP contribution in [0.1, 0.15) is 25.5 Å². The van der Waals surface area contributed by atoms with E-state index in [0.29, 0.717) is 11.4 Å². The second-order valence-corrected chi connectivity index (χ2v) is 6.45. The van der Waals surface area contributed by atoms with Gasteiger partial charge in [-0.2, -0.15) is 0 Å². The number of nitro benzene ring substituents is 1. The fourth-order valence-corrected chi connectivity index (χ4v) is 3.39. The Morgan fingerprint density at radius 1 is 1.10 bits per heavy atom. The molecule has 11 nitrogen and oxygen atoms in total. The summed E-state index contributed by atoms with van der Waals surface area (Å²) in [5, 5.41) is 22.4. The highest BCUT2D eigenvalue weighted by atomic mass is 16.6. The minimum Gasteiger partial charge on any atom is -0.466 e. The van der Waals surface area contributed by atoms with Gasteiger partial charge in [0.2, 0.25) is 0 Å². The number of para-hydroxylation sites is 2. The first-order valence-electron chi connectivity index (χ1n) is 8.81. The molecule has 1 aliphatic rings. The number of benzene rings is 1. The third-order valence-electron chi connectivity index (χ3n) is 4.70. The topological polar surface area (TPSA) is 138 Å². The van der Waals surface area contributed by atoms with Gasteiger partial charge in [0.05, 0.1) is 48.1 Å². The normalized spacial score (nSPS) is 14.4. The summed E-state index contributed by atoms with van der Waals surface area (Å²) in [6.07, 6.45) is 1.44. The van der Waals surface area contributed by atoms with E-state index in [1.54, 1.807) is 19.9 Å². The van der Waals surface area contributed by atoms with Crippen LogP contribution < -0.4 is 5.32 Å². The molecule has 0 saturated carbocycles. The number of dihydropyridines is 1. The SMILES string of the molecule is COC(=O)C1=C(C)NC(C)=C(C(=O)OC)C1c1cn(-c2ccccc2[N+](=O)[O-])nn1. The van der Waals surface area contributed by atoms with Gasteiger partial charge in [0, 0.05) is 17.5 Å². The molecule has 30 heavy (non-hydrogen) atoms. The van der Waals surface area contributed by atoms with E-state index in [1.807, 2.05) is 0 Å². The number of methoxy groups -OCH3 is 2. The second-order valence-electron chi connectivity index (χ2n) is 6.45. The molecular formula is C19H19N5O6. The smallest absolute Gasteiger partial charge is 0.336 e. The summed E-state index contributed by atoms with van der Waals surface area (Å²) in [4.78, 5) is 35.8. The predicted molar refractivity (Wildman–Crippen MR) is 103 cm³/mol. The molecule has 0 spiro atoms. The quantitative estimate of drug-likeness (QED) is 0.441. The van der Waals surface area contributed by atoms with E-state index in [2.05, 4.69) is 15.6 Å². The lowest BCUT2D eigenvalue weighted by molar-refractivity contribution is -0.384. The van der Waals surface area contributed by atoms with Gasteiger partial charge in [0.15, 0.2) is 0 Å². The van der Waals surface area contributed by atoms with E-state index in [-0.39, 0.29) is 28.2 Å². The zero-order chi connectivity index (χ0) is 22.0. The molecule has 1 aromatic heterocycles. The number of aromatic nitrogens is 3. The van der Waals surface area contributed by atoms with E-state index in [4.69, 9.17) is 9.47 Å². The van der Waals surface area contributed by atoms with Gasteiger partial charge in [-0.1, -0.05) is 17.3 Å². The average molecular weight is 413 g/mol. The molecule has 1 aromatic carbocycles. The first-order chi connectivity index (χ1) is 14.3. The van der Waals surface area contributed by atoms with Crippen LogP contribution in [0.3, 0.4) is 0 Å². The number of hydrogen-bond acceptors (Lipinski definition) is 9. The molecule has 11 heteroatoms. The molecule has 0 aliphatic carbocycles. The summed E-state index contributed by atoms with van der Waals surface area (Å²) in [6, 6.07) is 6.02. The number of ether oxygens (including phenoxy) is 2. The van der Waals surface area contributed by atoms with Crippen molar-refractivity contribution in [1.29, 1.82) is 0 Å². The Kier molecular flexibility index (Phi) is 5.63. The number of carbonyl (C=O) groups is 2. The molecule has 0 atom stereocenters. The maximum Gasteiger partial charge on any atom is 0.336 e. The van der Waals surface area contributed by atoms with Crippen molar-refractivity contribution in [3.63, 3.8) is 0 Å². The number of nitrogens with zero attached hydrogens (tertiary/aromatic N) is 4. The van der Waals surface area contributed by atoms with Gasteiger partial charge in [-0.25, -0.2) is 14.3 Å². The van der Waals surface area contributed by atoms with Gasteiger partial charge in [0.1, 0.15) is 5.69 Å². The Morgan fingerprint density at radius 2 is 1.67 bits per heavy atom. The van der Waals surface area contributed by atoms with Gasteiger partial charge in [0.25, 0.3) is 5.69 Å². The molecule has 0 fully saturated rings. The van der Waals surface area contributed by atoms with Crippen molar-refractivity contribution in [2.24, 2.45) is 0 Å². The van der Waals surface area contributed by atoms with Crippen LogP contribution in [0.2, 0.25) is 0 Å². The number of rotatable bonds is 5. The summed E-state index contributed by atoms with van der Waals surface area (Å²) >= 11 is 0. The molecule has 2 heterocycles. The number of allylic oxidation sites excluding steroid dienone is 2. The second kappa shape index (κ2) is 8.15.